The Balaban J connectivity index is 3.20. The molecule has 78 valence electrons. The van der Waals surface area contributed by atoms with Crippen LogP contribution in [0.4, 0.5) is 0 Å². The van der Waals surface area contributed by atoms with Gasteiger partial charge < -0.3 is 0 Å². The van der Waals surface area contributed by atoms with E-state index in [-0.39, 0.29) is 5.41 Å². The quantitative estimate of drug-likeness (QED) is 0.615. The Kier molecular flexibility index (Phi) is 3.04. The fourth-order valence-electron chi connectivity index (χ4n) is 1.73. The number of benzene rings is 1. The molecule has 0 amide bonds. The molecule has 0 bridgehead atoms. The molecule has 0 spiro atoms. The summed E-state index contributed by atoms with van der Waals surface area (Å²) in [5.41, 5.74) is 4.59. The molecule has 0 N–H and O–H groups in total. The molecule has 0 nitrogen and oxygen atoms in total. The van der Waals surface area contributed by atoms with Gasteiger partial charge in [-0.15, -0.1) is 0 Å². The summed E-state index contributed by atoms with van der Waals surface area (Å²) in [6, 6.07) is 6.86. The van der Waals surface area contributed by atoms with Crippen molar-refractivity contribution in [3.05, 3.63) is 34.9 Å². The Hall–Kier alpha value is -0.780. The number of rotatable bonds is 1. The zero-order chi connectivity index (χ0) is 10.9. The summed E-state index contributed by atoms with van der Waals surface area (Å²) < 4.78 is 0. The van der Waals surface area contributed by atoms with Crippen molar-refractivity contribution in [1.29, 1.82) is 0 Å². The van der Waals surface area contributed by atoms with Crippen molar-refractivity contribution in [3.63, 3.8) is 0 Å². The fourth-order valence-corrected chi connectivity index (χ4v) is 1.73. The van der Waals surface area contributed by atoms with Crippen LogP contribution in [0.5, 0.6) is 0 Å². The van der Waals surface area contributed by atoms with Crippen LogP contribution < -0.4 is 0 Å². The monoisotopic (exact) mass is 190 g/mol. The van der Waals surface area contributed by atoms with Crippen molar-refractivity contribution in [2.24, 2.45) is 0 Å². The highest BCUT2D eigenvalue weighted by Crippen LogP contribution is 2.27. The van der Waals surface area contributed by atoms with E-state index in [2.05, 4.69) is 59.7 Å². The lowest BCUT2D eigenvalue weighted by atomic mass is 9.83. The summed E-state index contributed by atoms with van der Waals surface area (Å²) in [4.78, 5) is 0. The highest BCUT2D eigenvalue weighted by molar-refractivity contribution is 5.36. The van der Waals surface area contributed by atoms with E-state index in [4.69, 9.17) is 0 Å². The Morgan fingerprint density at radius 3 is 2.07 bits per heavy atom. The van der Waals surface area contributed by atoms with Crippen LogP contribution in [0.3, 0.4) is 0 Å². The fraction of sp³-hybridized carbons (Fsp3) is 0.571. The van der Waals surface area contributed by atoms with Gasteiger partial charge >= 0.3 is 0 Å². The zero-order valence-electron chi connectivity index (χ0n) is 10.3. The topological polar surface area (TPSA) is 0 Å². The van der Waals surface area contributed by atoms with E-state index in [9.17, 15) is 0 Å². The third kappa shape index (κ3) is 2.37. The van der Waals surface area contributed by atoms with Crippen molar-refractivity contribution in [2.75, 3.05) is 0 Å². The summed E-state index contributed by atoms with van der Waals surface area (Å²) in [6.07, 6.45) is 0. The largest absolute Gasteiger partial charge is 0.0587 e. The maximum absolute atomic E-state index is 2.36. The van der Waals surface area contributed by atoms with Gasteiger partial charge in [0, 0.05) is 0 Å². The first-order valence-electron chi connectivity index (χ1n) is 5.43. The minimum absolute atomic E-state index is 0.261. The molecule has 14 heavy (non-hydrogen) atoms. The minimum Gasteiger partial charge on any atom is -0.0587 e. The van der Waals surface area contributed by atoms with E-state index >= 15 is 0 Å². The number of aryl methyl sites for hydroxylation is 1. The predicted octanol–water partition coefficient (Wildman–Crippen LogP) is 4.42. The summed E-state index contributed by atoms with van der Waals surface area (Å²) in [5, 5.41) is 0. The van der Waals surface area contributed by atoms with Crippen LogP contribution in [-0.2, 0) is 5.41 Å². The molecule has 0 atom stereocenters. The third-order valence-corrected chi connectivity index (χ3v) is 2.77. The molecular formula is C14H22. The molecule has 0 aromatic heterocycles. The Morgan fingerprint density at radius 2 is 1.64 bits per heavy atom. The van der Waals surface area contributed by atoms with Crippen molar-refractivity contribution < 1.29 is 0 Å². The van der Waals surface area contributed by atoms with Gasteiger partial charge in [-0.3, -0.25) is 0 Å². The van der Waals surface area contributed by atoms with Crippen molar-refractivity contribution in [1.82, 2.24) is 0 Å². The third-order valence-electron chi connectivity index (χ3n) is 2.77. The molecule has 1 rings (SSSR count). The number of hydrogen-bond donors (Lipinski definition) is 0. The van der Waals surface area contributed by atoms with E-state index in [1.54, 1.807) is 0 Å². The van der Waals surface area contributed by atoms with E-state index in [0.717, 1.165) is 0 Å². The van der Waals surface area contributed by atoms with Gasteiger partial charge in [0.05, 0.1) is 0 Å². The molecule has 1 aromatic carbocycles. The first-order chi connectivity index (χ1) is 6.32. The van der Waals surface area contributed by atoms with Gasteiger partial charge in [0.15, 0.2) is 0 Å². The average Bonchev–Trinajstić information content (AvgIpc) is 2.02. The molecule has 0 aliphatic heterocycles. The lowest BCUT2D eigenvalue weighted by Gasteiger charge is -2.21. The molecule has 0 heteroatoms. The van der Waals surface area contributed by atoms with Gasteiger partial charge in [0.25, 0.3) is 0 Å². The highest BCUT2D eigenvalue weighted by Gasteiger charge is 2.15. The molecule has 0 aliphatic rings. The van der Waals surface area contributed by atoms with Crippen LogP contribution in [0.25, 0.3) is 0 Å². The maximum Gasteiger partial charge on any atom is -0.0132 e. The first kappa shape index (κ1) is 11.3. The second-order valence-electron chi connectivity index (χ2n) is 5.48. The second-order valence-corrected chi connectivity index (χ2v) is 5.48. The van der Waals surface area contributed by atoms with Crippen LogP contribution >= 0.6 is 0 Å². The van der Waals surface area contributed by atoms with Crippen molar-refractivity contribution in [3.8, 4) is 0 Å². The smallest absolute Gasteiger partial charge is 0.0132 e. The Labute approximate surface area is 88.4 Å². The maximum atomic E-state index is 2.36. The molecule has 0 unspecified atom stereocenters. The van der Waals surface area contributed by atoms with Crippen LogP contribution in [0, 0.1) is 6.92 Å². The van der Waals surface area contributed by atoms with Gasteiger partial charge in [0.2, 0.25) is 0 Å². The van der Waals surface area contributed by atoms with Gasteiger partial charge in [-0.25, -0.2) is 0 Å². The van der Waals surface area contributed by atoms with E-state index in [0.29, 0.717) is 5.92 Å². The molecule has 0 fully saturated rings. The lowest BCUT2D eigenvalue weighted by molar-refractivity contribution is 0.588. The molecule has 1 aromatic rings. The predicted molar refractivity (Wildman–Crippen MR) is 64.0 cm³/mol. The summed E-state index contributed by atoms with van der Waals surface area (Å²) >= 11 is 0. The van der Waals surface area contributed by atoms with Crippen LogP contribution in [0.15, 0.2) is 18.2 Å². The minimum atomic E-state index is 0.261. The molecule has 0 aliphatic carbocycles. The van der Waals surface area contributed by atoms with Crippen LogP contribution in [0.1, 0.15) is 57.2 Å². The van der Waals surface area contributed by atoms with Crippen molar-refractivity contribution in [2.45, 2.75) is 52.9 Å². The average molecular weight is 190 g/mol. The van der Waals surface area contributed by atoms with Gasteiger partial charge in [-0.05, 0) is 34.9 Å². The van der Waals surface area contributed by atoms with Crippen LogP contribution in [-0.4, -0.2) is 0 Å². The first-order valence-corrected chi connectivity index (χ1v) is 5.43. The molecule has 0 radical (unpaired) electrons. The summed E-state index contributed by atoms with van der Waals surface area (Å²) in [6.45, 7) is 13.5. The van der Waals surface area contributed by atoms with Crippen molar-refractivity contribution >= 4 is 0 Å². The van der Waals surface area contributed by atoms with E-state index in [1.807, 2.05) is 0 Å². The van der Waals surface area contributed by atoms with Gasteiger partial charge in [-0.2, -0.15) is 0 Å². The standard InChI is InChI=1S/C14H22/c1-10(2)13-9-12(14(4,5)6)8-7-11(13)3/h7-10H,1-6H3. The molecular weight excluding hydrogens is 168 g/mol. The molecule has 0 saturated carbocycles. The van der Waals surface area contributed by atoms with E-state index in [1.165, 1.54) is 16.7 Å². The SMILES string of the molecule is Cc1ccc(C(C)(C)C)cc1C(C)C. The Bertz CT molecular complexity index is 313. The normalized spacial score (nSPS) is 12.2. The second kappa shape index (κ2) is 3.76. The molecule has 0 heterocycles. The number of hydrogen-bond acceptors (Lipinski definition) is 0. The highest BCUT2D eigenvalue weighted by atomic mass is 14.2. The zero-order valence-corrected chi connectivity index (χ0v) is 10.3. The van der Waals surface area contributed by atoms with E-state index < -0.39 is 0 Å². The van der Waals surface area contributed by atoms with Gasteiger partial charge in [0.1, 0.15) is 0 Å². The summed E-state index contributed by atoms with van der Waals surface area (Å²) in [5.74, 6) is 0.622. The molecule has 0 saturated heterocycles. The lowest BCUT2D eigenvalue weighted by Crippen LogP contribution is -2.12. The van der Waals surface area contributed by atoms with Crippen LogP contribution in [0.2, 0.25) is 0 Å². The summed E-state index contributed by atoms with van der Waals surface area (Å²) in [7, 11) is 0. The Morgan fingerprint density at radius 1 is 1.07 bits per heavy atom. The van der Waals surface area contributed by atoms with Gasteiger partial charge in [-0.1, -0.05) is 52.8 Å².